The van der Waals surface area contributed by atoms with E-state index in [-0.39, 0.29) is 24.0 Å². The second-order valence-corrected chi connectivity index (χ2v) is 10.5. The molecule has 1 fully saturated rings. The van der Waals surface area contributed by atoms with E-state index in [1.807, 2.05) is 55.5 Å². The molecule has 38 heavy (non-hydrogen) atoms. The van der Waals surface area contributed by atoms with Crippen molar-refractivity contribution in [3.63, 3.8) is 0 Å². The highest BCUT2D eigenvalue weighted by molar-refractivity contribution is 9.10. The van der Waals surface area contributed by atoms with Crippen molar-refractivity contribution in [2.45, 2.75) is 44.9 Å². The van der Waals surface area contributed by atoms with Crippen molar-refractivity contribution in [3.8, 4) is 5.75 Å². The van der Waals surface area contributed by atoms with E-state index in [0.717, 1.165) is 47.0 Å². The Balaban J connectivity index is 1.36. The lowest BCUT2D eigenvalue weighted by Gasteiger charge is -2.22. The standard InChI is InChI=1S/C30H29BrN4O3/c1-20-10-13-24(14-11-20)33-28(36)19-38-25-9-5-6-21(16-25)18-32-35-29(22-7-3-2-4-8-22)34-27-15-12-23(31)17-26(27)30(35)37/h5-6,9-18,22H,2-4,7-8,19H2,1H3,(H,33,36). The molecule has 1 amide bonds. The smallest absolute Gasteiger partial charge is 0.282 e. The molecule has 1 aliphatic carbocycles. The van der Waals surface area contributed by atoms with Crippen molar-refractivity contribution in [1.29, 1.82) is 0 Å². The number of aromatic nitrogens is 2. The van der Waals surface area contributed by atoms with E-state index in [2.05, 4.69) is 26.3 Å². The minimum absolute atomic E-state index is 0.122. The fraction of sp³-hybridized carbons (Fsp3) is 0.267. The zero-order chi connectivity index (χ0) is 26.5. The summed E-state index contributed by atoms with van der Waals surface area (Å²) in [6.45, 7) is 1.87. The molecular formula is C30H29BrN4O3. The molecule has 0 bridgehead atoms. The molecule has 194 valence electrons. The van der Waals surface area contributed by atoms with Gasteiger partial charge in [0.25, 0.3) is 11.5 Å². The number of hydrogen-bond donors (Lipinski definition) is 1. The predicted octanol–water partition coefficient (Wildman–Crippen LogP) is 6.41. The Labute approximate surface area is 229 Å². The number of hydrogen-bond acceptors (Lipinski definition) is 5. The number of carbonyl (C=O) groups is 1. The molecule has 8 heteroatoms. The number of nitrogens with one attached hydrogen (secondary N) is 1. The third kappa shape index (κ3) is 6.19. The first kappa shape index (κ1) is 25.9. The van der Waals surface area contributed by atoms with Crippen molar-refractivity contribution in [2.24, 2.45) is 5.10 Å². The van der Waals surface area contributed by atoms with Gasteiger partial charge >= 0.3 is 0 Å². The second-order valence-electron chi connectivity index (χ2n) is 9.60. The predicted molar refractivity (Wildman–Crippen MR) is 154 cm³/mol. The van der Waals surface area contributed by atoms with Gasteiger partial charge in [-0.15, -0.1) is 0 Å². The van der Waals surface area contributed by atoms with Crippen molar-refractivity contribution in [3.05, 3.63) is 98.5 Å². The first-order chi connectivity index (χ1) is 18.5. The van der Waals surface area contributed by atoms with E-state index in [1.54, 1.807) is 24.4 Å². The molecule has 5 rings (SSSR count). The van der Waals surface area contributed by atoms with Crippen LogP contribution in [0.25, 0.3) is 10.9 Å². The largest absolute Gasteiger partial charge is 0.484 e. The third-order valence-electron chi connectivity index (χ3n) is 6.69. The van der Waals surface area contributed by atoms with E-state index in [4.69, 9.17) is 9.72 Å². The molecule has 7 nitrogen and oxygen atoms in total. The maximum Gasteiger partial charge on any atom is 0.282 e. The minimum Gasteiger partial charge on any atom is -0.484 e. The van der Waals surface area contributed by atoms with Crippen LogP contribution in [-0.4, -0.2) is 28.4 Å². The summed E-state index contributed by atoms with van der Waals surface area (Å²) in [6, 6.07) is 20.4. The van der Waals surface area contributed by atoms with Crippen LogP contribution in [0.3, 0.4) is 0 Å². The van der Waals surface area contributed by atoms with Gasteiger partial charge in [-0.05, 0) is 67.8 Å². The molecule has 0 spiro atoms. The van der Waals surface area contributed by atoms with Crippen LogP contribution in [0.5, 0.6) is 5.75 Å². The minimum atomic E-state index is -0.245. The Hall–Kier alpha value is -3.78. The highest BCUT2D eigenvalue weighted by atomic mass is 79.9. The molecule has 3 aromatic carbocycles. The summed E-state index contributed by atoms with van der Waals surface area (Å²) in [4.78, 5) is 30.7. The molecule has 0 unspecified atom stereocenters. The first-order valence-electron chi connectivity index (χ1n) is 12.8. The van der Waals surface area contributed by atoms with Gasteiger partial charge in [-0.25, -0.2) is 4.98 Å². The molecule has 0 saturated heterocycles. The Bertz CT molecular complexity index is 1540. The lowest BCUT2D eigenvalue weighted by atomic mass is 9.88. The van der Waals surface area contributed by atoms with Gasteiger partial charge in [-0.2, -0.15) is 9.78 Å². The molecule has 1 heterocycles. The van der Waals surface area contributed by atoms with E-state index in [9.17, 15) is 9.59 Å². The SMILES string of the molecule is Cc1ccc(NC(=O)COc2cccc(C=Nn3c(C4CCCCC4)nc4ccc(Br)cc4c3=O)c2)cc1. The Morgan fingerprint density at radius 1 is 1.11 bits per heavy atom. The molecule has 0 radical (unpaired) electrons. The maximum atomic E-state index is 13.5. The molecule has 0 aliphatic heterocycles. The van der Waals surface area contributed by atoms with Gasteiger partial charge in [0, 0.05) is 16.1 Å². The summed E-state index contributed by atoms with van der Waals surface area (Å²) in [5, 5.41) is 7.94. The van der Waals surface area contributed by atoms with E-state index in [0.29, 0.717) is 22.5 Å². The van der Waals surface area contributed by atoms with Crippen molar-refractivity contribution in [1.82, 2.24) is 9.66 Å². The van der Waals surface area contributed by atoms with Crippen LogP contribution in [0.1, 0.15) is 55.0 Å². The average molecular weight is 573 g/mol. The van der Waals surface area contributed by atoms with Gasteiger partial charge in [0.1, 0.15) is 11.6 Å². The van der Waals surface area contributed by atoms with Gasteiger partial charge in [0.15, 0.2) is 6.61 Å². The number of benzene rings is 3. The monoisotopic (exact) mass is 572 g/mol. The van der Waals surface area contributed by atoms with E-state index in [1.165, 1.54) is 11.1 Å². The fourth-order valence-corrected chi connectivity index (χ4v) is 5.06. The zero-order valence-corrected chi connectivity index (χ0v) is 22.8. The molecule has 1 aromatic heterocycles. The van der Waals surface area contributed by atoms with Crippen molar-refractivity contribution in [2.75, 3.05) is 11.9 Å². The van der Waals surface area contributed by atoms with E-state index >= 15 is 0 Å². The van der Waals surface area contributed by atoms with Crippen molar-refractivity contribution < 1.29 is 9.53 Å². The van der Waals surface area contributed by atoms with Crippen LogP contribution in [0.15, 0.2) is 81.1 Å². The quantitative estimate of drug-likeness (QED) is 0.259. The number of fused-ring (bicyclic) bond motifs is 1. The second kappa shape index (κ2) is 11.7. The summed E-state index contributed by atoms with van der Waals surface area (Å²) in [5.41, 5.74) is 3.09. The van der Waals surface area contributed by atoms with E-state index < -0.39 is 0 Å². The number of rotatable bonds is 7. The summed E-state index contributed by atoms with van der Waals surface area (Å²) < 4.78 is 7.98. The third-order valence-corrected chi connectivity index (χ3v) is 7.18. The van der Waals surface area contributed by atoms with Gasteiger partial charge in [-0.1, -0.05) is 65.0 Å². The maximum absolute atomic E-state index is 13.5. The first-order valence-corrected chi connectivity index (χ1v) is 13.6. The summed E-state index contributed by atoms with van der Waals surface area (Å²) >= 11 is 3.46. The number of aryl methyl sites for hydroxylation is 1. The van der Waals surface area contributed by atoms with Gasteiger partial charge in [-0.3, -0.25) is 9.59 Å². The number of halogens is 1. The van der Waals surface area contributed by atoms with Crippen LogP contribution >= 0.6 is 15.9 Å². The molecular weight excluding hydrogens is 544 g/mol. The highest BCUT2D eigenvalue weighted by Crippen LogP contribution is 2.32. The Morgan fingerprint density at radius 2 is 1.89 bits per heavy atom. The number of carbonyl (C=O) groups excluding carboxylic acids is 1. The lowest BCUT2D eigenvalue weighted by Crippen LogP contribution is -2.25. The average Bonchev–Trinajstić information content (AvgIpc) is 2.93. The number of anilines is 1. The molecule has 1 saturated carbocycles. The van der Waals surface area contributed by atoms with Gasteiger partial charge in [0.2, 0.25) is 0 Å². The summed E-state index contributed by atoms with van der Waals surface area (Å²) in [7, 11) is 0. The van der Waals surface area contributed by atoms with Crippen LogP contribution in [0, 0.1) is 6.92 Å². The fourth-order valence-electron chi connectivity index (χ4n) is 4.69. The Kier molecular flexibility index (Phi) is 7.98. The zero-order valence-electron chi connectivity index (χ0n) is 21.2. The van der Waals surface area contributed by atoms with Crippen LogP contribution in [0.2, 0.25) is 0 Å². The van der Waals surface area contributed by atoms with Gasteiger partial charge < -0.3 is 10.1 Å². The molecule has 0 atom stereocenters. The topological polar surface area (TPSA) is 85.6 Å². The normalized spacial score (nSPS) is 14.2. The highest BCUT2D eigenvalue weighted by Gasteiger charge is 2.22. The van der Waals surface area contributed by atoms with Crippen LogP contribution in [-0.2, 0) is 4.79 Å². The van der Waals surface area contributed by atoms with Gasteiger partial charge in [0.05, 0.1) is 17.1 Å². The molecule has 1 aliphatic rings. The van der Waals surface area contributed by atoms with Crippen molar-refractivity contribution >= 4 is 44.6 Å². The van der Waals surface area contributed by atoms with Crippen LogP contribution < -0.4 is 15.6 Å². The number of nitrogens with zero attached hydrogens (tertiary/aromatic N) is 3. The summed E-state index contributed by atoms with van der Waals surface area (Å²) in [6.07, 6.45) is 7.09. The molecule has 1 N–H and O–H groups in total. The summed E-state index contributed by atoms with van der Waals surface area (Å²) in [5.74, 6) is 1.20. The number of amides is 1. The molecule has 4 aromatic rings. The lowest BCUT2D eigenvalue weighted by molar-refractivity contribution is -0.118. The number of ether oxygens (including phenoxy) is 1. The van der Waals surface area contributed by atoms with Crippen LogP contribution in [0.4, 0.5) is 5.69 Å². The Morgan fingerprint density at radius 3 is 2.68 bits per heavy atom.